The van der Waals surface area contributed by atoms with Gasteiger partial charge in [0.15, 0.2) is 0 Å². The zero-order chi connectivity index (χ0) is 14.7. The molecule has 104 valence electrons. The first-order chi connectivity index (χ1) is 8.62. The van der Waals surface area contributed by atoms with E-state index in [1.54, 1.807) is 18.2 Å². The molecule has 0 aliphatic heterocycles. The second-order valence-electron chi connectivity index (χ2n) is 3.24. The van der Waals surface area contributed by atoms with Crippen molar-refractivity contribution < 1.29 is 24.6 Å². The minimum Gasteiger partial charge on any atom is -0.188 e. The van der Waals surface area contributed by atoms with Crippen LogP contribution in [0.3, 0.4) is 0 Å². The Morgan fingerprint density at radius 2 is 1.58 bits per heavy atom. The van der Waals surface area contributed by atoms with Gasteiger partial charge in [0.05, 0.1) is 0 Å². The molecule has 9 heteroatoms. The van der Waals surface area contributed by atoms with Crippen LogP contribution in [0.5, 0.6) is 0 Å². The number of halogens is 3. The van der Waals surface area contributed by atoms with E-state index in [0.717, 1.165) is 6.08 Å². The predicted octanol–water partition coefficient (Wildman–Crippen LogP) is 2.79. The lowest BCUT2D eigenvalue weighted by Gasteiger charge is -1.96. The van der Waals surface area contributed by atoms with Crippen LogP contribution in [0.25, 0.3) is 6.08 Å². The topological polar surface area (TPSA) is 68.3 Å². The second kappa shape index (κ2) is 5.81. The highest BCUT2D eigenvalue weighted by molar-refractivity contribution is 8.09. The largest absolute Gasteiger partial charge is 0.345 e. The molecular weight excluding hydrogens is 322 g/mol. The van der Waals surface area contributed by atoms with Crippen molar-refractivity contribution >= 4 is 38.1 Å². The van der Waals surface area contributed by atoms with E-state index in [1.165, 1.54) is 12.1 Å². The summed E-state index contributed by atoms with van der Waals surface area (Å²) in [4.78, 5) is 0. The van der Waals surface area contributed by atoms with Gasteiger partial charge in [-0.25, -0.2) is 0 Å². The molecule has 0 aromatic heterocycles. The van der Waals surface area contributed by atoms with E-state index in [-0.39, 0.29) is 0 Å². The van der Waals surface area contributed by atoms with Crippen LogP contribution in [0, 0.1) is 0 Å². The van der Waals surface area contributed by atoms with Gasteiger partial charge in [-0.1, -0.05) is 49.7 Å². The highest BCUT2D eigenvalue weighted by Crippen LogP contribution is 2.20. The van der Waals surface area contributed by atoms with E-state index in [9.17, 15) is 24.6 Å². The second-order valence-corrected chi connectivity index (χ2v) is 6.54. The minimum atomic E-state index is -5.67. The monoisotopic (exact) mass is 328 g/mol. The number of rotatable bonds is 4. The molecule has 0 bridgehead atoms. The van der Waals surface area contributed by atoms with Crippen molar-refractivity contribution in [3.63, 3.8) is 0 Å². The molecule has 0 spiro atoms. The van der Waals surface area contributed by atoms with E-state index in [1.807, 2.05) is 0 Å². The zero-order valence-electron chi connectivity index (χ0n) is 9.12. The van der Waals surface area contributed by atoms with Crippen LogP contribution in [0.2, 0.25) is 5.02 Å². The van der Waals surface area contributed by atoms with Crippen LogP contribution in [0.4, 0.5) is 7.77 Å². The molecule has 0 atom stereocenters. The van der Waals surface area contributed by atoms with Crippen molar-refractivity contribution in [3.8, 4) is 0 Å². The van der Waals surface area contributed by atoms with Crippen molar-refractivity contribution in [1.29, 1.82) is 0 Å². The van der Waals surface area contributed by atoms with Gasteiger partial charge in [-0.15, -0.1) is 0 Å². The van der Waals surface area contributed by atoms with Gasteiger partial charge in [0.2, 0.25) is 4.24 Å². The van der Waals surface area contributed by atoms with E-state index in [0.29, 0.717) is 16.7 Å². The van der Waals surface area contributed by atoms with Gasteiger partial charge in [-0.2, -0.15) is 16.8 Å². The molecule has 0 unspecified atom stereocenters. The van der Waals surface area contributed by atoms with Gasteiger partial charge >= 0.3 is 20.4 Å². The average molecular weight is 329 g/mol. The van der Waals surface area contributed by atoms with E-state index in [4.69, 9.17) is 11.6 Å². The van der Waals surface area contributed by atoms with Crippen molar-refractivity contribution in [1.82, 2.24) is 0 Å². The Labute approximate surface area is 114 Å². The highest BCUT2D eigenvalue weighted by atomic mass is 35.5. The number of benzene rings is 1. The molecule has 1 aromatic carbocycles. The molecule has 0 aliphatic rings. The van der Waals surface area contributed by atoms with Crippen LogP contribution in [0.1, 0.15) is 5.56 Å². The van der Waals surface area contributed by atoms with Crippen LogP contribution < -0.4 is 0 Å². The lowest BCUT2D eigenvalue weighted by atomic mass is 10.2. The lowest BCUT2D eigenvalue weighted by molar-refractivity contribution is 0.550. The molecule has 0 fully saturated rings. The maximum absolute atomic E-state index is 12.6. The summed E-state index contributed by atoms with van der Waals surface area (Å²) >= 11 is 5.76. The maximum atomic E-state index is 12.6. The standard InChI is InChI=1S/C10H7ClF2O4S2/c11-9-6-2-1-4-8(9)5-3-7-10(18(12,14)15)19(13,16)17/h1-7H/b5-3+. The summed E-state index contributed by atoms with van der Waals surface area (Å²) < 4.78 is 65.1. The first-order valence-corrected chi connectivity index (χ1v) is 7.79. The van der Waals surface area contributed by atoms with Crippen molar-refractivity contribution in [2.45, 2.75) is 0 Å². The summed E-state index contributed by atoms with van der Waals surface area (Å²) in [5.74, 6) is 0. The zero-order valence-corrected chi connectivity index (χ0v) is 11.5. The predicted molar refractivity (Wildman–Crippen MR) is 68.6 cm³/mol. The first-order valence-electron chi connectivity index (χ1n) is 4.64. The molecule has 0 N–H and O–H groups in total. The Bertz CT molecular complexity index is 703. The van der Waals surface area contributed by atoms with Crippen molar-refractivity contribution in [2.24, 2.45) is 0 Å². The number of hydrogen-bond donors (Lipinski definition) is 0. The molecule has 1 aromatic rings. The van der Waals surface area contributed by atoms with Gasteiger partial charge in [0.1, 0.15) is 0 Å². The summed E-state index contributed by atoms with van der Waals surface area (Å²) in [6.45, 7) is 0. The molecule has 0 radical (unpaired) electrons. The lowest BCUT2D eigenvalue weighted by Crippen LogP contribution is -2.04. The SMILES string of the molecule is O=S(=O)(F)C(=C/C=C/c1ccccc1Cl)S(=O)(=O)F. The molecule has 0 saturated heterocycles. The average Bonchev–Trinajstić information content (AvgIpc) is 2.23. The third-order valence-electron chi connectivity index (χ3n) is 1.89. The quantitative estimate of drug-likeness (QED) is 0.629. The van der Waals surface area contributed by atoms with E-state index < -0.39 is 24.7 Å². The molecule has 0 amide bonds. The Hall–Kier alpha value is -1.25. The summed E-state index contributed by atoms with van der Waals surface area (Å²) in [5, 5.41) is 0.305. The Balaban J connectivity index is 3.19. The molecular formula is C10H7ClF2O4S2. The third-order valence-corrected chi connectivity index (χ3v) is 4.67. The molecule has 0 heterocycles. The van der Waals surface area contributed by atoms with Gasteiger partial charge < -0.3 is 0 Å². The van der Waals surface area contributed by atoms with Crippen LogP contribution in [-0.2, 0) is 20.4 Å². The fourth-order valence-electron chi connectivity index (χ4n) is 1.12. The van der Waals surface area contributed by atoms with Crippen molar-refractivity contribution in [2.75, 3.05) is 0 Å². The van der Waals surface area contributed by atoms with Crippen LogP contribution >= 0.6 is 11.6 Å². The summed E-state index contributed by atoms with van der Waals surface area (Å²) in [7, 11) is -11.3. The molecule has 1 rings (SSSR count). The van der Waals surface area contributed by atoms with Gasteiger partial charge in [0, 0.05) is 5.02 Å². The number of hydrogen-bond acceptors (Lipinski definition) is 4. The fraction of sp³-hybridized carbons (Fsp3) is 0. The summed E-state index contributed by atoms with van der Waals surface area (Å²) in [6, 6.07) is 6.33. The smallest absolute Gasteiger partial charge is 0.188 e. The van der Waals surface area contributed by atoms with Crippen LogP contribution in [0.15, 0.2) is 40.7 Å². The van der Waals surface area contributed by atoms with Gasteiger partial charge in [-0.3, -0.25) is 0 Å². The van der Waals surface area contributed by atoms with E-state index in [2.05, 4.69) is 0 Å². The normalized spacial score (nSPS) is 12.6. The first kappa shape index (κ1) is 15.8. The molecule has 0 saturated carbocycles. The summed E-state index contributed by atoms with van der Waals surface area (Å²) in [6.07, 6.45) is 2.37. The maximum Gasteiger partial charge on any atom is 0.345 e. The van der Waals surface area contributed by atoms with Crippen molar-refractivity contribution in [3.05, 3.63) is 51.2 Å². The third kappa shape index (κ3) is 4.73. The summed E-state index contributed by atoms with van der Waals surface area (Å²) in [5.41, 5.74) is 0.423. The fourth-order valence-corrected chi connectivity index (χ4v) is 2.75. The minimum absolute atomic E-state index is 0.300. The number of allylic oxidation sites excluding steroid dienone is 2. The molecule has 4 nitrogen and oxygen atoms in total. The Kier molecular flexibility index (Phi) is 4.83. The molecule has 19 heavy (non-hydrogen) atoms. The molecule has 0 aliphatic carbocycles. The van der Waals surface area contributed by atoms with E-state index >= 15 is 0 Å². The van der Waals surface area contributed by atoms with Crippen LogP contribution in [-0.4, -0.2) is 16.8 Å². The van der Waals surface area contributed by atoms with Gasteiger partial charge in [-0.05, 0) is 17.7 Å². The Morgan fingerprint density at radius 1 is 1.05 bits per heavy atom. The Morgan fingerprint density at radius 3 is 2.05 bits per heavy atom. The highest BCUT2D eigenvalue weighted by Gasteiger charge is 2.29. The van der Waals surface area contributed by atoms with Gasteiger partial charge in [0.25, 0.3) is 0 Å².